The van der Waals surface area contributed by atoms with Gasteiger partial charge in [-0.3, -0.25) is 9.79 Å². The molecule has 1 unspecified atom stereocenters. The Morgan fingerprint density at radius 3 is 2.85 bits per heavy atom. The molecule has 1 heterocycles. The third-order valence-corrected chi connectivity index (χ3v) is 3.89. The fraction of sp³-hybridized carbons (Fsp3) is 0.444. The molecular formula is C18H26FIN4O2. The maximum atomic E-state index is 13.4. The van der Waals surface area contributed by atoms with Gasteiger partial charge in [0.2, 0.25) is 0 Å². The number of aromatic amines is 1. The summed E-state index contributed by atoms with van der Waals surface area (Å²) in [5.41, 5.74) is 1.96. The lowest BCUT2D eigenvalue weighted by molar-refractivity contribution is -0.144. The Hall–Kier alpha value is -1.84. The number of fused-ring (bicyclic) bond motifs is 1. The normalized spacial score (nSPS) is 12.4. The van der Waals surface area contributed by atoms with E-state index in [-0.39, 0.29) is 41.7 Å². The number of benzene rings is 1. The summed E-state index contributed by atoms with van der Waals surface area (Å²) in [6, 6.07) is 4.72. The molecule has 0 aliphatic carbocycles. The van der Waals surface area contributed by atoms with E-state index in [0.29, 0.717) is 19.0 Å². The molecular weight excluding hydrogens is 450 g/mol. The largest absolute Gasteiger partial charge is 0.469 e. The molecule has 1 atom stereocenters. The minimum atomic E-state index is -0.294. The van der Waals surface area contributed by atoms with Crippen LogP contribution in [0.4, 0.5) is 4.39 Å². The third-order valence-electron chi connectivity index (χ3n) is 3.89. The molecule has 1 aromatic heterocycles. The molecule has 0 bridgehead atoms. The molecule has 6 nitrogen and oxygen atoms in total. The molecule has 0 spiro atoms. The molecule has 3 N–H and O–H groups in total. The van der Waals surface area contributed by atoms with Gasteiger partial charge in [-0.2, -0.15) is 0 Å². The third kappa shape index (κ3) is 6.15. The van der Waals surface area contributed by atoms with Crippen molar-refractivity contribution >= 4 is 46.8 Å². The molecule has 0 amide bonds. The molecule has 0 aliphatic heterocycles. The second-order valence-corrected chi connectivity index (χ2v) is 5.82. The minimum Gasteiger partial charge on any atom is -0.469 e. The van der Waals surface area contributed by atoms with E-state index in [1.165, 1.54) is 13.2 Å². The van der Waals surface area contributed by atoms with Crippen molar-refractivity contribution in [1.82, 2.24) is 15.6 Å². The van der Waals surface area contributed by atoms with Crippen LogP contribution in [0.1, 0.15) is 19.4 Å². The second kappa shape index (κ2) is 11.0. The van der Waals surface area contributed by atoms with E-state index in [1.807, 2.05) is 13.1 Å². The van der Waals surface area contributed by atoms with Gasteiger partial charge in [-0.05, 0) is 37.1 Å². The summed E-state index contributed by atoms with van der Waals surface area (Å²) >= 11 is 0. The molecule has 26 heavy (non-hydrogen) atoms. The van der Waals surface area contributed by atoms with Gasteiger partial charge >= 0.3 is 5.97 Å². The number of nitrogens with zero attached hydrogens (tertiary/aromatic N) is 1. The Labute approximate surface area is 170 Å². The maximum absolute atomic E-state index is 13.4. The molecule has 8 heteroatoms. The number of hydrogen-bond donors (Lipinski definition) is 3. The number of carbonyl (C=O) groups is 1. The Bertz CT molecular complexity index is 748. The first kappa shape index (κ1) is 22.2. The number of guanidine groups is 1. The number of ether oxygens (including phenoxy) is 1. The van der Waals surface area contributed by atoms with Crippen LogP contribution < -0.4 is 10.6 Å². The Morgan fingerprint density at radius 2 is 2.15 bits per heavy atom. The zero-order valence-corrected chi connectivity index (χ0v) is 17.6. The van der Waals surface area contributed by atoms with Crippen LogP contribution in [-0.2, 0) is 16.0 Å². The highest BCUT2D eigenvalue weighted by atomic mass is 127. The predicted octanol–water partition coefficient (Wildman–Crippen LogP) is 2.83. The minimum absolute atomic E-state index is 0. The van der Waals surface area contributed by atoms with Gasteiger partial charge in [0.25, 0.3) is 0 Å². The molecule has 0 saturated heterocycles. The van der Waals surface area contributed by atoms with Crippen LogP contribution in [0.3, 0.4) is 0 Å². The zero-order valence-electron chi connectivity index (χ0n) is 15.3. The van der Waals surface area contributed by atoms with Crippen molar-refractivity contribution in [3.05, 3.63) is 35.8 Å². The molecule has 2 aromatic rings. The average molecular weight is 476 g/mol. The van der Waals surface area contributed by atoms with Gasteiger partial charge < -0.3 is 20.4 Å². The first-order valence-corrected chi connectivity index (χ1v) is 8.40. The van der Waals surface area contributed by atoms with Crippen molar-refractivity contribution < 1.29 is 13.9 Å². The molecule has 0 aliphatic rings. The number of esters is 1. The fourth-order valence-electron chi connectivity index (χ4n) is 2.52. The van der Waals surface area contributed by atoms with Gasteiger partial charge in [-0.15, -0.1) is 24.0 Å². The standard InChI is InChI=1S/C18H25FN4O2.HI/c1-4-20-18(23-10-12(2)17(24)25-3)21-8-7-13-11-22-16-6-5-14(19)9-15(13)16;/h5-6,9,11-12,22H,4,7-8,10H2,1-3H3,(H2,20,21,23);1H. The first-order valence-electron chi connectivity index (χ1n) is 8.40. The summed E-state index contributed by atoms with van der Waals surface area (Å²) in [4.78, 5) is 19.0. The highest BCUT2D eigenvalue weighted by Crippen LogP contribution is 2.19. The van der Waals surface area contributed by atoms with Gasteiger partial charge in [0.1, 0.15) is 5.82 Å². The number of nitrogens with one attached hydrogen (secondary N) is 3. The second-order valence-electron chi connectivity index (χ2n) is 5.82. The Balaban J connectivity index is 0.00000338. The van der Waals surface area contributed by atoms with Crippen molar-refractivity contribution in [1.29, 1.82) is 0 Å². The summed E-state index contributed by atoms with van der Waals surface area (Å²) in [6.45, 7) is 5.46. The van der Waals surface area contributed by atoms with E-state index < -0.39 is 0 Å². The summed E-state index contributed by atoms with van der Waals surface area (Å²) in [7, 11) is 1.37. The van der Waals surface area contributed by atoms with Crippen LogP contribution in [0, 0.1) is 11.7 Å². The number of rotatable bonds is 7. The average Bonchev–Trinajstić information content (AvgIpc) is 3.00. The number of methoxy groups -OCH3 is 1. The van der Waals surface area contributed by atoms with Gasteiger partial charge in [0, 0.05) is 30.2 Å². The highest BCUT2D eigenvalue weighted by molar-refractivity contribution is 14.0. The number of aliphatic imine (C=N–C) groups is 1. The zero-order chi connectivity index (χ0) is 18.2. The monoisotopic (exact) mass is 476 g/mol. The van der Waals surface area contributed by atoms with Crippen LogP contribution in [0.25, 0.3) is 10.9 Å². The summed E-state index contributed by atoms with van der Waals surface area (Å²) in [5.74, 6) is -0.172. The smallest absolute Gasteiger partial charge is 0.310 e. The number of hydrogen-bond acceptors (Lipinski definition) is 3. The molecule has 0 fully saturated rings. The first-order chi connectivity index (χ1) is 12.0. The molecule has 2 rings (SSSR count). The molecule has 0 saturated carbocycles. The van der Waals surface area contributed by atoms with Gasteiger partial charge in [0.05, 0.1) is 19.6 Å². The lowest BCUT2D eigenvalue weighted by Gasteiger charge is -2.12. The van der Waals surface area contributed by atoms with Gasteiger partial charge in [-0.25, -0.2) is 4.39 Å². The van der Waals surface area contributed by atoms with Crippen LogP contribution in [-0.4, -0.2) is 43.7 Å². The Kier molecular flexibility index (Phi) is 9.39. The van der Waals surface area contributed by atoms with Gasteiger partial charge in [0.15, 0.2) is 5.96 Å². The van der Waals surface area contributed by atoms with E-state index >= 15 is 0 Å². The predicted molar refractivity (Wildman–Crippen MR) is 113 cm³/mol. The Morgan fingerprint density at radius 1 is 1.38 bits per heavy atom. The van der Waals surface area contributed by atoms with Crippen LogP contribution in [0.5, 0.6) is 0 Å². The molecule has 1 aromatic carbocycles. The van der Waals surface area contributed by atoms with Crippen molar-refractivity contribution in [2.24, 2.45) is 10.9 Å². The number of aromatic nitrogens is 1. The van der Waals surface area contributed by atoms with Crippen molar-refractivity contribution in [3.8, 4) is 0 Å². The lowest BCUT2D eigenvalue weighted by atomic mass is 10.1. The van der Waals surface area contributed by atoms with Gasteiger partial charge in [-0.1, -0.05) is 6.92 Å². The van der Waals surface area contributed by atoms with E-state index in [2.05, 4.69) is 20.6 Å². The molecule has 0 radical (unpaired) electrons. The van der Waals surface area contributed by atoms with Crippen molar-refractivity contribution in [3.63, 3.8) is 0 Å². The highest BCUT2D eigenvalue weighted by Gasteiger charge is 2.12. The van der Waals surface area contributed by atoms with E-state index in [1.54, 1.807) is 19.1 Å². The topological polar surface area (TPSA) is 78.5 Å². The number of halogens is 2. The van der Waals surface area contributed by atoms with E-state index in [0.717, 1.165) is 29.4 Å². The van der Waals surface area contributed by atoms with Crippen LogP contribution in [0.2, 0.25) is 0 Å². The SMILES string of the molecule is CCNC(=NCC(C)C(=O)OC)NCCc1c[nH]c2ccc(F)cc12.I. The van der Waals surface area contributed by atoms with Crippen molar-refractivity contribution in [2.45, 2.75) is 20.3 Å². The number of carbonyl (C=O) groups excluding carboxylic acids is 1. The molecule has 144 valence electrons. The summed E-state index contributed by atoms with van der Waals surface area (Å²) in [6.07, 6.45) is 2.62. The summed E-state index contributed by atoms with van der Waals surface area (Å²) < 4.78 is 18.1. The van der Waals surface area contributed by atoms with Crippen LogP contribution in [0.15, 0.2) is 29.4 Å². The quantitative estimate of drug-likeness (QED) is 0.249. The van der Waals surface area contributed by atoms with Crippen molar-refractivity contribution in [2.75, 3.05) is 26.7 Å². The lowest BCUT2D eigenvalue weighted by Crippen LogP contribution is -2.38. The maximum Gasteiger partial charge on any atom is 0.310 e. The number of H-pyrrole nitrogens is 1. The van der Waals surface area contributed by atoms with Crippen LogP contribution >= 0.6 is 24.0 Å². The summed E-state index contributed by atoms with van der Waals surface area (Å²) in [5, 5.41) is 7.26. The fourth-order valence-corrected chi connectivity index (χ4v) is 2.52. The van der Waals surface area contributed by atoms with E-state index in [9.17, 15) is 9.18 Å². The van der Waals surface area contributed by atoms with E-state index in [4.69, 9.17) is 4.74 Å².